The number of hydrogen-bond acceptors (Lipinski definition) is 6. The summed E-state index contributed by atoms with van der Waals surface area (Å²) in [5, 5.41) is 6.38. The minimum atomic E-state index is -4.64. The molecule has 0 radical (unpaired) electrons. The van der Waals surface area contributed by atoms with Crippen molar-refractivity contribution in [3.8, 4) is 0 Å². The van der Waals surface area contributed by atoms with E-state index in [1.54, 1.807) is 25.7 Å². The van der Waals surface area contributed by atoms with Crippen molar-refractivity contribution in [3.05, 3.63) is 11.8 Å². The van der Waals surface area contributed by atoms with Gasteiger partial charge >= 0.3 is 18.2 Å². The lowest BCUT2D eigenvalue weighted by molar-refractivity contribution is -0.157. The van der Waals surface area contributed by atoms with Crippen molar-refractivity contribution in [2.75, 3.05) is 26.2 Å². The lowest BCUT2D eigenvalue weighted by Crippen LogP contribution is -2.49. The molecule has 7 nitrogen and oxygen atoms in total. The zero-order chi connectivity index (χ0) is 17.3. The summed E-state index contributed by atoms with van der Waals surface area (Å²) in [6, 6.07) is 0. The van der Waals surface area contributed by atoms with Crippen LogP contribution in [0.5, 0.6) is 0 Å². The minimum absolute atomic E-state index is 0.0944. The summed E-state index contributed by atoms with van der Waals surface area (Å²) in [6.45, 7) is 7.31. The average molecular weight is 336 g/mol. The first kappa shape index (κ1) is 17.5. The molecule has 0 saturated carbocycles. The molecule has 0 aliphatic carbocycles. The standard InChI is InChI=1S/C13H19F3N4O3/c1-12(2,3)23-11(21)20-6-4-19(5-7-20)8-9-17-18-10(22-9)13(14,15)16/h4-8H2,1-3H3. The Morgan fingerprint density at radius 3 is 2.26 bits per heavy atom. The van der Waals surface area contributed by atoms with Crippen LogP contribution in [-0.4, -0.2) is 57.9 Å². The molecular weight excluding hydrogens is 317 g/mol. The molecule has 0 N–H and O–H groups in total. The molecule has 2 rings (SSSR count). The smallest absolute Gasteiger partial charge is 0.444 e. The van der Waals surface area contributed by atoms with E-state index in [9.17, 15) is 18.0 Å². The predicted molar refractivity (Wildman–Crippen MR) is 72.4 cm³/mol. The number of carbonyl (C=O) groups excluding carboxylic acids is 1. The number of rotatable bonds is 2. The molecule has 1 aliphatic heterocycles. The normalized spacial score (nSPS) is 17.4. The summed E-state index contributed by atoms with van der Waals surface area (Å²) >= 11 is 0. The Morgan fingerprint density at radius 2 is 1.78 bits per heavy atom. The van der Waals surface area contributed by atoms with Gasteiger partial charge in [0.2, 0.25) is 5.89 Å². The number of nitrogens with zero attached hydrogens (tertiary/aromatic N) is 4. The van der Waals surface area contributed by atoms with Gasteiger partial charge in [-0.15, -0.1) is 10.2 Å². The van der Waals surface area contributed by atoms with Crippen LogP contribution in [0.2, 0.25) is 0 Å². The topological polar surface area (TPSA) is 71.7 Å². The van der Waals surface area contributed by atoms with Crippen LogP contribution in [0.1, 0.15) is 32.6 Å². The number of halogens is 3. The highest BCUT2D eigenvalue weighted by atomic mass is 19.4. The van der Waals surface area contributed by atoms with Gasteiger partial charge in [0.05, 0.1) is 6.54 Å². The number of piperazine rings is 1. The first-order valence-electron chi connectivity index (χ1n) is 7.14. The molecule has 23 heavy (non-hydrogen) atoms. The van der Waals surface area contributed by atoms with Crippen molar-refractivity contribution in [1.29, 1.82) is 0 Å². The molecule has 2 heterocycles. The number of aromatic nitrogens is 2. The monoisotopic (exact) mass is 336 g/mol. The van der Waals surface area contributed by atoms with E-state index < -0.39 is 23.8 Å². The molecule has 10 heteroatoms. The van der Waals surface area contributed by atoms with Crippen LogP contribution >= 0.6 is 0 Å². The zero-order valence-electron chi connectivity index (χ0n) is 13.2. The number of alkyl halides is 3. The molecule has 0 unspecified atom stereocenters. The number of amides is 1. The van der Waals surface area contributed by atoms with Gasteiger partial charge in [-0.3, -0.25) is 4.90 Å². The highest BCUT2D eigenvalue weighted by Gasteiger charge is 2.38. The molecule has 1 fully saturated rings. The third-order valence-electron chi connectivity index (χ3n) is 3.09. The average Bonchev–Trinajstić information content (AvgIpc) is 2.86. The van der Waals surface area contributed by atoms with Gasteiger partial charge in [0.1, 0.15) is 5.60 Å². The molecule has 1 aromatic heterocycles. The first-order chi connectivity index (χ1) is 10.5. The van der Waals surface area contributed by atoms with Crippen molar-refractivity contribution in [2.45, 2.75) is 39.1 Å². The van der Waals surface area contributed by atoms with Gasteiger partial charge in [0.15, 0.2) is 0 Å². The fourth-order valence-corrected chi connectivity index (χ4v) is 2.04. The Hall–Kier alpha value is -1.84. The number of carbonyl (C=O) groups is 1. The first-order valence-corrected chi connectivity index (χ1v) is 7.14. The highest BCUT2D eigenvalue weighted by Crippen LogP contribution is 2.27. The fourth-order valence-electron chi connectivity index (χ4n) is 2.04. The van der Waals surface area contributed by atoms with E-state index in [4.69, 9.17) is 4.74 Å². The fraction of sp³-hybridized carbons (Fsp3) is 0.769. The lowest BCUT2D eigenvalue weighted by Gasteiger charge is -2.34. The van der Waals surface area contributed by atoms with E-state index in [2.05, 4.69) is 14.6 Å². The molecule has 1 aliphatic rings. The van der Waals surface area contributed by atoms with E-state index in [-0.39, 0.29) is 12.4 Å². The van der Waals surface area contributed by atoms with Gasteiger partial charge in [-0.1, -0.05) is 0 Å². The summed E-state index contributed by atoms with van der Waals surface area (Å²) < 4.78 is 47.0. The second-order valence-corrected chi connectivity index (χ2v) is 6.24. The Balaban J connectivity index is 1.83. The summed E-state index contributed by atoms with van der Waals surface area (Å²) in [5.74, 6) is -1.44. The highest BCUT2D eigenvalue weighted by molar-refractivity contribution is 5.68. The SMILES string of the molecule is CC(C)(C)OC(=O)N1CCN(Cc2nnc(C(F)(F)F)o2)CC1. The largest absolute Gasteiger partial charge is 0.470 e. The van der Waals surface area contributed by atoms with E-state index in [1.807, 2.05) is 4.90 Å². The third-order valence-corrected chi connectivity index (χ3v) is 3.09. The quantitative estimate of drug-likeness (QED) is 0.824. The molecule has 1 saturated heterocycles. The molecule has 1 amide bonds. The van der Waals surface area contributed by atoms with Gasteiger partial charge < -0.3 is 14.1 Å². The van der Waals surface area contributed by atoms with Crippen molar-refractivity contribution in [3.63, 3.8) is 0 Å². The number of ether oxygens (including phenoxy) is 1. The van der Waals surface area contributed by atoms with E-state index >= 15 is 0 Å². The maximum Gasteiger partial charge on any atom is 0.470 e. The summed E-state index contributed by atoms with van der Waals surface area (Å²) in [7, 11) is 0. The van der Waals surface area contributed by atoms with Crippen LogP contribution in [-0.2, 0) is 17.5 Å². The maximum absolute atomic E-state index is 12.4. The van der Waals surface area contributed by atoms with Crippen LogP contribution in [0, 0.1) is 0 Å². The summed E-state index contributed by atoms with van der Waals surface area (Å²) in [5.41, 5.74) is -0.564. The van der Waals surface area contributed by atoms with Gasteiger partial charge in [0.25, 0.3) is 0 Å². The Labute approximate surface area is 131 Å². The Kier molecular flexibility index (Phi) is 4.83. The second kappa shape index (κ2) is 6.34. The third kappa shape index (κ3) is 5.08. The van der Waals surface area contributed by atoms with Crippen LogP contribution in [0.3, 0.4) is 0 Å². The molecule has 0 atom stereocenters. The van der Waals surface area contributed by atoms with Crippen molar-refractivity contribution in [1.82, 2.24) is 20.0 Å². The lowest BCUT2D eigenvalue weighted by atomic mass is 10.2. The number of hydrogen-bond donors (Lipinski definition) is 0. The minimum Gasteiger partial charge on any atom is -0.444 e. The van der Waals surface area contributed by atoms with E-state index in [0.29, 0.717) is 26.2 Å². The van der Waals surface area contributed by atoms with Gasteiger partial charge in [-0.25, -0.2) is 4.79 Å². The van der Waals surface area contributed by atoms with Crippen LogP contribution < -0.4 is 0 Å². The van der Waals surface area contributed by atoms with Gasteiger partial charge in [0, 0.05) is 26.2 Å². The maximum atomic E-state index is 12.4. The van der Waals surface area contributed by atoms with Crippen molar-refractivity contribution in [2.24, 2.45) is 0 Å². The van der Waals surface area contributed by atoms with Crippen molar-refractivity contribution >= 4 is 6.09 Å². The van der Waals surface area contributed by atoms with E-state index in [0.717, 1.165) is 0 Å². The van der Waals surface area contributed by atoms with Crippen LogP contribution in [0.25, 0.3) is 0 Å². The molecule has 0 bridgehead atoms. The molecule has 0 aromatic carbocycles. The van der Waals surface area contributed by atoms with Gasteiger partial charge in [-0.05, 0) is 20.8 Å². The van der Waals surface area contributed by atoms with Crippen LogP contribution in [0.15, 0.2) is 4.42 Å². The summed E-state index contributed by atoms with van der Waals surface area (Å²) in [4.78, 5) is 15.3. The molecular formula is C13H19F3N4O3. The summed E-state index contributed by atoms with van der Waals surface area (Å²) in [6.07, 6.45) is -5.03. The van der Waals surface area contributed by atoms with Crippen molar-refractivity contribution < 1.29 is 27.1 Å². The van der Waals surface area contributed by atoms with Crippen LogP contribution in [0.4, 0.5) is 18.0 Å². The molecule has 130 valence electrons. The van der Waals surface area contributed by atoms with E-state index in [1.165, 1.54) is 0 Å². The Morgan fingerprint density at radius 1 is 1.17 bits per heavy atom. The molecule has 1 aromatic rings. The Bertz CT molecular complexity index is 545. The zero-order valence-corrected chi connectivity index (χ0v) is 13.2. The van der Waals surface area contributed by atoms with Gasteiger partial charge in [-0.2, -0.15) is 13.2 Å². The molecule has 0 spiro atoms. The predicted octanol–water partition coefficient (Wildman–Crippen LogP) is 2.14. The second-order valence-electron chi connectivity index (χ2n) is 6.24.